The number of aryl methyl sites for hydroxylation is 3. The summed E-state index contributed by atoms with van der Waals surface area (Å²) in [7, 11) is 0. The van der Waals surface area contributed by atoms with Crippen LogP contribution in [0.5, 0.6) is 0 Å². The third-order valence-corrected chi connectivity index (χ3v) is 12.4. The number of hydrogen-bond acceptors (Lipinski definition) is 1. The van der Waals surface area contributed by atoms with Gasteiger partial charge in [0.2, 0.25) is 0 Å². The van der Waals surface area contributed by atoms with Gasteiger partial charge in [0, 0.05) is 16.9 Å². The molecule has 0 aromatic heterocycles. The Kier molecular flexibility index (Phi) is 7.50. The molecule has 0 fully saturated rings. The molecule has 9 aromatic rings. The van der Waals surface area contributed by atoms with E-state index in [2.05, 4.69) is 220 Å². The van der Waals surface area contributed by atoms with Crippen molar-refractivity contribution in [3.63, 3.8) is 0 Å². The molecule has 0 aliphatic heterocycles. The Balaban J connectivity index is 1.26. The van der Waals surface area contributed by atoms with Crippen LogP contribution >= 0.6 is 0 Å². The Morgan fingerprint density at radius 2 is 0.877 bits per heavy atom. The molecule has 11 rings (SSSR count). The molecule has 1 heteroatoms. The number of para-hydroxylation sites is 1. The first-order valence-corrected chi connectivity index (χ1v) is 20.0. The van der Waals surface area contributed by atoms with E-state index in [0.29, 0.717) is 0 Å². The number of rotatable bonds is 5. The van der Waals surface area contributed by atoms with Crippen molar-refractivity contribution >= 4 is 27.8 Å². The van der Waals surface area contributed by atoms with Gasteiger partial charge in [-0.25, -0.2) is 0 Å². The summed E-state index contributed by atoms with van der Waals surface area (Å²) in [4.78, 5) is 2.46. The van der Waals surface area contributed by atoms with E-state index in [9.17, 15) is 0 Å². The molecule has 2 aliphatic rings. The minimum Gasteiger partial charge on any atom is -0.310 e. The topological polar surface area (TPSA) is 3.24 Å². The van der Waals surface area contributed by atoms with Gasteiger partial charge in [-0.15, -0.1) is 0 Å². The molecule has 0 saturated heterocycles. The molecule has 0 atom stereocenters. The second-order valence-corrected chi connectivity index (χ2v) is 15.9. The Morgan fingerprint density at radius 1 is 0.368 bits per heavy atom. The molecule has 2 aliphatic carbocycles. The Labute approximate surface area is 335 Å². The molecule has 0 amide bonds. The van der Waals surface area contributed by atoms with Gasteiger partial charge in [-0.1, -0.05) is 180 Å². The number of nitrogens with zero attached hydrogens (tertiary/aromatic N) is 1. The van der Waals surface area contributed by atoms with Crippen LogP contribution in [-0.2, 0) is 5.41 Å². The SMILES string of the molecule is Cc1ccc2c(c1)C1(c3cc(C)ccc3-2)c2cc(C)ccc2-c2cccc(-c3c(N(c4ccccc4)c4ccc(-c5ccccc5)cc4)ccc4ccccc34)c21. The average molecular weight is 728 g/mol. The molecule has 57 heavy (non-hydrogen) atoms. The summed E-state index contributed by atoms with van der Waals surface area (Å²) < 4.78 is 0. The highest BCUT2D eigenvalue weighted by molar-refractivity contribution is 6.09. The van der Waals surface area contributed by atoms with Crippen LogP contribution in [0.15, 0.2) is 194 Å². The van der Waals surface area contributed by atoms with Crippen LogP contribution in [0.3, 0.4) is 0 Å². The predicted molar refractivity (Wildman–Crippen MR) is 240 cm³/mol. The minimum atomic E-state index is -0.501. The summed E-state index contributed by atoms with van der Waals surface area (Å²) >= 11 is 0. The molecule has 9 aromatic carbocycles. The first-order chi connectivity index (χ1) is 28.0. The van der Waals surface area contributed by atoms with Gasteiger partial charge >= 0.3 is 0 Å². The maximum absolute atomic E-state index is 2.47. The normalized spacial score (nSPS) is 13.0. The molecule has 0 N–H and O–H groups in total. The van der Waals surface area contributed by atoms with Crippen molar-refractivity contribution in [1.29, 1.82) is 0 Å². The molecule has 1 nitrogen and oxygen atoms in total. The molecule has 0 radical (unpaired) electrons. The van der Waals surface area contributed by atoms with Crippen molar-refractivity contribution in [2.75, 3.05) is 4.90 Å². The van der Waals surface area contributed by atoms with Gasteiger partial charge < -0.3 is 4.90 Å². The monoisotopic (exact) mass is 727 g/mol. The van der Waals surface area contributed by atoms with E-state index in [1.165, 1.54) is 94.2 Å². The molecule has 1 spiro atoms. The van der Waals surface area contributed by atoms with Gasteiger partial charge in [-0.2, -0.15) is 0 Å². The Morgan fingerprint density at radius 3 is 1.51 bits per heavy atom. The van der Waals surface area contributed by atoms with Crippen molar-refractivity contribution in [3.8, 4) is 44.5 Å². The van der Waals surface area contributed by atoms with Crippen molar-refractivity contribution in [2.45, 2.75) is 26.2 Å². The fourth-order valence-electron chi connectivity index (χ4n) is 10.0. The lowest BCUT2D eigenvalue weighted by molar-refractivity contribution is 0.792. The smallest absolute Gasteiger partial charge is 0.0731 e. The zero-order valence-electron chi connectivity index (χ0n) is 32.4. The van der Waals surface area contributed by atoms with Crippen molar-refractivity contribution in [3.05, 3.63) is 233 Å². The highest BCUT2D eigenvalue weighted by Gasteiger charge is 2.53. The average Bonchev–Trinajstić information content (AvgIpc) is 3.70. The van der Waals surface area contributed by atoms with Crippen molar-refractivity contribution in [2.24, 2.45) is 0 Å². The highest BCUT2D eigenvalue weighted by atomic mass is 15.1. The van der Waals surface area contributed by atoms with Gasteiger partial charge in [0.1, 0.15) is 0 Å². The highest BCUT2D eigenvalue weighted by Crippen LogP contribution is 2.65. The molecule has 0 heterocycles. The first kappa shape index (κ1) is 33.4. The van der Waals surface area contributed by atoms with E-state index in [4.69, 9.17) is 0 Å². The number of benzene rings is 9. The number of anilines is 3. The minimum absolute atomic E-state index is 0.501. The van der Waals surface area contributed by atoms with Gasteiger partial charge in [-0.3, -0.25) is 0 Å². The van der Waals surface area contributed by atoms with E-state index in [0.717, 1.165) is 17.1 Å². The first-order valence-electron chi connectivity index (χ1n) is 20.0. The lowest BCUT2D eigenvalue weighted by Crippen LogP contribution is -2.27. The Bertz CT molecular complexity index is 2950. The van der Waals surface area contributed by atoms with Crippen LogP contribution in [0.1, 0.15) is 38.9 Å². The van der Waals surface area contributed by atoms with Crippen LogP contribution in [0, 0.1) is 20.8 Å². The summed E-state index contributed by atoms with van der Waals surface area (Å²) in [6.45, 7) is 6.72. The molecule has 0 bridgehead atoms. The molecular weight excluding hydrogens is 687 g/mol. The van der Waals surface area contributed by atoms with Crippen LogP contribution in [-0.4, -0.2) is 0 Å². The van der Waals surface area contributed by atoms with Crippen LogP contribution in [0.2, 0.25) is 0 Å². The fraction of sp³-hybridized carbons (Fsp3) is 0.0714. The van der Waals surface area contributed by atoms with E-state index < -0.39 is 5.41 Å². The van der Waals surface area contributed by atoms with Crippen molar-refractivity contribution in [1.82, 2.24) is 0 Å². The number of fused-ring (bicyclic) bond motifs is 11. The van der Waals surface area contributed by atoms with E-state index >= 15 is 0 Å². The lowest BCUT2D eigenvalue weighted by atomic mass is 9.68. The number of hydrogen-bond donors (Lipinski definition) is 0. The van der Waals surface area contributed by atoms with Crippen LogP contribution in [0.25, 0.3) is 55.3 Å². The third kappa shape index (κ3) is 4.95. The molecule has 0 saturated carbocycles. The van der Waals surface area contributed by atoms with Gasteiger partial charge in [0.25, 0.3) is 0 Å². The third-order valence-electron chi connectivity index (χ3n) is 12.4. The molecule has 270 valence electrons. The fourth-order valence-corrected chi connectivity index (χ4v) is 10.0. The van der Waals surface area contributed by atoms with Crippen LogP contribution in [0.4, 0.5) is 17.1 Å². The van der Waals surface area contributed by atoms with Gasteiger partial charge in [0.05, 0.1) is 11.1 Å². The van der Waals surface area contributed by atoms with E-state index in [1.807, 2.05) is 0 Å². The summed E-state index contributed by atoms with van der Waals surface area (Å²) in [6.07, 6.45) is 0. The lowest BCUT2D eigenvalue weighted by Gasteiger charge is -2.34. The molecule has 0 unspecified atom stereocenters. The maximum Gasteiger partial charge on any atom is 0.0731 e. The second-order valence-electron chi connectivity index (χ2n) is 15.9. The zero-order chi connectivity index (χ0) is 38.3. The standard InChI is InChI=1S/C56H41N/c1-36-21-29-45-46-30-22-37(2)34-51(46)56(50(45)33-36)52-35-38(3)23-31-47(52)48-19-12-20-49(55(48)56)54-44-18-11-10-15-41(44)26-32-53(54)57(42-16-8-5-9-17-42)43-27-24-40(25-28-43)39-13-6-4-7-14-39/h4-35H,1-3H3. The van der Waals surface area contributed by atoms with Gasteiger partial charge in [0.15, 0.2) is 0 Å². The van der Waals surface area contributed by atoms with Gasteiger partial charge in [-0.05, 0) is 123 Å². The van der Waals surface area contributed by atoms with Crippen LogP contribution < -0.4 is 4.90 Å². The molecular formula is C56H41N. The second kappa shape index (κ2) is 12.8. The summed E-state index contributed by atoms with van der Waals surface area (Å²) in [5, 5.41) is 2.46. The maximum atomic E-state index is 2.47. The quantitative estimate of drug-likeness (QED) is 0.171. The van der Waals surface area contributed by atoms with E-state index in [1.54, 1.807) is 0 Å². The Hall–Kier alpha value is -6.96. The largest absolute Gasteiger partial charge is 0.310 e. The predicted octanol–water partition coefficient (Wildman–Crippen LogP) is 14.9. The summed E-state index contributed by atoms with van der Waals surface area (Å²) in [6, 6.07) is 72.6. The van der Waals surface area contributed by atoms with Crippen molar-refractivity contribution < 1.29 is 0 Å². The summed E-state index contributed by atoms with van der Waals surface area (Å²) in [5.74, 6) is 0. The zero-order valence-corrected chi connectivity index (χ0v) is 32.4. The summed E-state index contributed by atoms with van der Waals surface area (Å²) in [5.41, 5.74) is 22.4. The van der Waals surface area contributed by atoms with E-state index in [-0.39, 0.29) is 0 Å².